The van der Waals surface area contributed by atoms with Crippen LogP contribution < -0.4 is 5.32 Å². The first-order valence-corrected chi connectivity index (χ1v) is 5.18. The lowest BCUT2D eigenvalue weighted by molar-refractivity contribution is 0.0696. The zero-order valence-electron chi connectivity index (χ0n) is 9.50. The summed E-state index contributed by atoms with van der Waals surface area (Å²) in [6.07, 6.45) is 2.05. The Labute approximate surface area is 106 Å². The number of rotatable bonds is 3. The Kier molecular flexibility index (Phi) is 3.46. The number of pyridine rings is 2. The van der Waals surface area contributed by atoms with Crippen LogP contribution in [0.1, 0.15) is 20.8 Å². The van der Waals surface area contributed by atoms with E-state index in [0.29, 0.717) is 0 Å². The molecule has 0 aromatic carbocycles. The minimum absolute atomic E-state index is 0.0172. The van der Waals surface area contributed by atoms with E-state index >= 15 is 0 Å². The summed E-state index contributed by atoms with van der Waals surface area (Å²) in [4.78, 5) is 29.7. The van der Waals surface area contributed by atoms with Crippen LogP contribution in [0.3, 0.4) is 0 Å². The molecule has 6 nitrogen and oxygen atoms in total. The summed E-state index contributed by atoms with van der Waals surface area (Å²) in [6, 6.07) is 5.01. The standard InChI is InChI=1S/C12H8FN3O3/c13-8-2-4-10(15-6-8)16-11(17)9-3-1-7(5-14-9)12(18)19/h1-6H,(H,18,19)(H,15,16,17). The zero-order valence-corrected chi connectivity index (χ0v) is 9.50. The van der Waals surface area contributed by atoms with Gasteiger partial charge >= 0.3 is 5.97 Å². The number of carboxylic acids is 1. The van der Waals surface area contributed by atoms with Gasteiger partial charge < -0.3 is 10.4 Å². The van der Waals surface area contributed by atoms with Crippen LogP contribution in [0.2, 0.25) is 0 Å². The molecule has 0 atom stereocenters. The van der Waals surface area contributed by atoms with Crippen molar-refractivity contribution in [3.8, 4) is 0 Å². The van der Waals surface area contributed by atoms with Gasteiger partial charge in [-0.25, -0.2) is 14.2 Å². The van der Waals surface area contributed by atoms with Crippen LogP contribution in [0.25, 0.3) is 0 Å². The predicted octanol–water partition coefficient (Wildman–Crippen LogP) is 1.57. The number of nitrogens with one attached hydrogen (secondary N) is 1. The second kappa shape index (κ2) is 5.21. The molecule has 0 radical (unpaired) electrons. The number of aromatic nitrogens is 2. The monoisotopic (exact) mass is 261 g/mol. The molecule has 0 saturated heterocycles. The average molecular weight is 261 g/mol. The quantitative estimate of drug-likeness (QED) is 0.874. The highest BCUT2D eigenvalue weighted by molar-refractivity contribution is 6.02. The largest absolute Gasteiger partial charge is 0.478 e. The van der Waals surface area contributed by atoms with Gasteiger partial charge in [0.05, 0.1) is 11.8 Å². The molecular formula is C12H8FN3O3. The molecule has 0 fully saturated rings. The van der Waals surface area contributed by atoms with Gasteiger partial charge in [0.25, 0.3) is 5.91 Å². The van der Waals surface area contributed by atoms with Gasteiger partial charge in [-0.1, -0.05) is 0 Å². The first kappa shape index (κ1) is 12.6. The Morgan fingerprint density at radius 2 is 1.89 bits per heavy atom. The normalized spacial score (nSPS) is 9.95. The third-order valence-electron chi connectivity index (χ3n) is 2.21. The van der Waals surface area contributed by atoms with Gasteiger partial charge in [0.2, 0.25) is 0 Å². The summed E-state index contributed by atoms with van der Waals surface area (Å²) in [5, 5.41) is 11.1. The number of amides is 1. The van der Waals surface area contributed by atoms with Crippen LogP contribution in [0.5, 0.6) is 0 Å². The Morgan fingerprint density at radius 3 is 2.42 bits per heavy atom. The number of carbonyl (C=O) groups excluding carboxylic acids is 1. The predicted molar refractivity (Wildman–Crippen MR) is 63.3 cm³/mol. The van der Waals surface area contributed by atoms with Crippen LogP contribution in [0.4, 0.5) is 10.2 Å². The minimum atomic E-state index is -1.13. The fraction of sp³-hybridized carbons (Fsp3) is 0. The second-order valence-corrected chi connectivity index (χ2v) is 3.55. The van der Waals surface area contributed by atoms with Crippen LogP contribution in [-0.4, -0.2) is 27.0 Å². The molecule has 0 unspecified atom stereocenters. The van der Waals surface area contributed by atoms with Crippen molar-refractivity contribution in [3.63, 3.8) is 0 Å². The highest BCUT2D eigenvalue weighted by Gasteiger charge is 2.10. The SMILES string of the molecule is O=C(O)c1ccc(C(=O)Nc2ccc(F)cn2)nc1. The molecule has 0 aliphatic heterocycles. The van der Waals surface area contributed by atoms with E-state index in [2.05, 4.69) is 15.3 Å². The van der Waals surface area contributed by atoms with Gasteiger partial charge in [-0.05, 0) is 24.3 Å². The van der Waals surface area contributed by atoms with Crippen molar-refractivity contribution in [3.05, 3.63) is 53.7 Å². The summed E-state index contributed by atoms with van der Waals surface area (Å²) in [5.41, 5.74) is 0.0209. The van der Waals surface area contributed by atoms with Gasteiger partial charge in [-0.3, -0.25) is 9.78 Å². The minimum Gasteiger partial charge on any atom is -0.478 e. The molecule has 19 heavy (non-hydrogen) atoms. The molecule has 2 aromatic heterocycles. The summed E-state index contributed by atoms with van der Waals surface area (Å²) < 4.78 is 12.6. The number of carbonyl (C=O) groups is 2. The van der Waals surface area contributed by atoms with Gasteiger partial charge in [-0.15, -0.1) is 0 Å². The van der Waals surface area contributed by atoms with E-state index in [1.54, 1.807) is 0 Å². The number of hydrogen-bond acceptors (Lipinski definition) is 4. The van der Waals surface area contributed by atoms with Crippen LogP contribution in [0.15, 0.2) is 36.7 Å². The van der Waals surface area contributed by atoms with Crippen molar-refractivity contribution in [2.24, 2.45) is 0 Å². The van der Waals surface area contributed by atoms with Crippen molar-refractivity contribution in [2.75, 3.05) is 5.32 Å². The molecule has 2 rings (SSSR count). The molecule has 2 aromatic rings. The molecule has 0 bridgehead atoms. The molecule has 0 saturated carbocycles. The maximum Gasteiger partial charge on any atom is 0.337 e. The number of anilines is 1. The first-order chi connectivity index (χ1) is 9.06. The summed E-state index contributed by atoms with van der Waals surface area (Å²) in [5.74, 6) is -2.02. The van der Waals surface area contributed by atoms with E-state index in [1.807, 2.05) is 0 Å². The molecule has 7 heteroatoms. The number of halogens is 1. The fourth-order valence-electron chi connectivity index (χ4n) is 1.28. The second-order valence-electron chi connectivity index (χ2n) is 3.55. The molecule has 96 valence electrons. The number of hydrogen-bond donors (Lipinski definition) is 2. The lowest BCUT2D eigenvalue weighted by Crippen LogP contribution is -2.15. The van der Waals surface area contributed by atoms with Crippen molar-refractivity contribution in [2.45, 2.75) is 0 Å². The smallest absolute Gasteiger partial charge is 0.337 e. The lowest BCUT2D eigenvalue weighted by atomic mass is 10.2. The van der Waals surface area contributed by atoms with E-state index in [1.165, 1.54) is 18.2 Å². The topological polar surface area (TPSA) is 92.2 Å². The Hall–Kier alpha value is -2.83. The van der Waals surface area contributed by atoms with E-state index in [-0.39, 0.29) is 17.1 Å². The van der Waals surface area contributed by atoms with Crippen LogP contribution in [-0.2, 0) is 0 Å². The van der Waals surface area contributed by atoms with Crippen LogP contribution >= 0.6 is 0 Å². The van der Waals surface area contributed by atoms with Gasteiger partial charge in [0.1, 0.15) is 17.3 Å². The van der Waals surface area contributed by atoms with Crippen molar-refractivity contribution in [1.82, 2.24) is 9.97 Å². The van der Waals surface area contributed by atoms with E-state index in [0.717, 1.165) is 18.5 Å². The van der Waals surface area contributed by atoms with Crippen molar-refractivity contribution < 1.29 is 19.1 Å². The molecule has 0 spiro atoms. The van der Waals surface area contributed by atoms with Crippen molar-refractivity contribution in [1.29, 1.82) is 0 Å². The lowest BCUT2D eigenvalue weighted by Gasteiger charge is -2.03. The summed E-state index contributed by atoms with van der Waals surface area (Å²) in [7, 11) is 0. The first-order valence-electron chi connectivity index (χ1n) is 5.18. The Morgan fingerprint density at radius 1 is 1.11 bits per heavy atom. The molecule has 2 N–H and O–H groups in total. The van der Waals surface area contributed by atoms with E-state index in [9.17, 15) is 14.0 Å². The number of aromatic carboxylic acids is 1. The van der Waals surface area contributed by atoms with Gasteiger partial charge in [-0.2, -0.15) is 0 Å². The van der Waals surface area contributed by atoms with Crippen molar-refractivity contribution >= 4 is 17.7 Å². The number of nitrogens with zero attached hydrogens (tertiary/aromatic N) is 2. The van der Waals surface area contributed by atoms with E-state index < -0.39 is 17.7 Å². The fourth-order valence-corrected chi connectivity index (χ4v) is 1.28. The highest BCUT2D eigenvalue weighted by Crippen LogP contribution is 2.06. The maximum absolute atomic E-state index is 12.6. The Balaban J connectivity index is 2.11. The summed E-state index contributed by atoms with van der Waals surface area (Å²) >= 11 is 0. The maximum atomic E-state index is 12.6. The molecule has 0 aliphatic rings. The molecule has 0 aliphatic carbocycles. The molecule has 2 heterocycles. The number of carboxylic acid groups (broad SMARTS) is 1. The highest BCUT2D eigenvalue weighted by atomic mass is 19.1. The van der Waals surface area contributed by atoms with Gasteiger partial charge in [0, 0.05) is 6.20 Å². The molecule has 1 amide bonds. The third kappa shape index (κ3) is 3.09. The Bertz CT molecular complexity index is 611. The third-order valence-corrected chi connectivity index (χ3v) is 2.21. The zero-order chi connectivity index (χ0) is 13.8. The average Bonchev–Trinajstić information content (AvgIpc) is 2.41. The molecular weight excluding hydrogens is 253 g/mol. The van der Waals surface area contributed by atoms with E-state index in [4.69, 9.17) is 5.11 Å². The van der Waals surface area contributed by atoms with Crippen LogP contribution in [0, 0.1) is 5.82 Å². The summed E-state index contributed by atoms with van der Waals surface area (Å²) in [6.45, 7) is 0. The van der Waals surface area contributed by atoms with Gasteiger partial charge in [0.15, 0.2) is 0 Å².